The van der Waals surface area contributed by atoms with Gasteiger partial charge in [-0.25, -0.2) is 9.97 Å². The summed E-state index contributed by atoms with van der Waals surface area (Å²) in [5, 5.41) is 10.7. The number of halogens is 1. The molecule has 2 heterocycles. The van der Waals surface area contributed by atoms with E-state index in [0.29, 0.717) is 41.4 Å². The van der Waals surface area contributed by atoms with E-state index in [9.17, 15) is 9.90 Å². The Balaban J connectivity index is 1.64. The average molecular weight is 413 g/mol. The molecule has 0 fully saturated rings. The SMILES string of the molecule is CC[NH+](Cc1nc2ccccc2c(=O)[nH]1)Cc1nc2ccc(Cl)cc2n1CCO. The number of hydrogen-bond acceptors (Lipinski definition) is 4. The first-order valence-corrected chi connectivity index (χ1v) is 10.0. The van der Waals surface area contributed by atoms with Crippen molar-refractivity contribution < 1.29 is 10.0 Å². The van der Waals surface area contributed by atoms with E-state index in [1.807, 2.05) is 41.0 Å². The Labute approximate surface area is 172 Å². The smallest absolute Gasteiger partial charge is 0.258 e. The summed E-state index contributed by atoms with van der Waals surface area (Å²) in [6, 6.07) is 12.9. The summed E-state index contributed by atoms with van der Waals surface area (Å²) in [4.78, 5) is 25.8. The van der Waals surface area contributed by atoms with Crippen LogP contribution in [0, 0.1) is 0 Å². The van der Waals surface area contributed by atoms with E-state index in [1.165, 1.54) is 4.90 Å². The van der Waals surface area contributed by atoms with E-state index >= 15 is 0 Å². The zero-order valence-corrected chi connectivity index (χ0v) is 16.9. The Kier molecular flexibility index (Phi) is 5.62. The van der Waals surface area contributed by atoms with Gasteiger partial charge in [-0.05, 0) is 37.3 Å². The van der Waals surface area contributed by atoms with Crippen LogP contribution in [0.25, 0.3) is 21.9 Å². The Hall–Kier alpha value is -2.74. The van der Waals surface area contributed by atoms with Gasteiger partial charge in [-0.2, -0.15) is 0 Å². The molecule has 4 rings (SSSR count). The van der Waals surface area contributed by atoms with Gasteiger partial charge < -0.3 is 19.6 Å². The van der Waals surface area contributed by atoms with Crippen molar-refractivity contribution in [3.05, 3.63) is 69.5 Å². The predicted molar refractivity (Wildman–Crippen MR) is 113 cm³/mol. The van der Waals surface area contributed by atoms with E-state index in [4.69, 9.17) is 16.6 Å². The first kappa shape index (κ1) is 19.6. The molecule has 1 atom stereocenters. The molecule has 29 heavy (non-hydrogen) atoms. The van der Waals surface area contributed by atoms with E-state index in [1.54, 1.807) is 6.07 Å². The first-order chi connectivity index (χ1) is 14.1. The van der Waals surface area contributed by atoms with Crippen LogP contribution in [0.3, 0.4) is 0 Å². The Morgan fingerprint density at radius 2 is 1.97 bits per heavy atom. The maximum atomic E-state index is 12.4. The van der Waals surface area contributed by atoms with E-state index in [0.717, 1.165) is 23.4 Å². The van der Waals surface area contributed by atoms with Gasteiger partial charge in [0.05, 0.1) is 35.1 Å². The molecule has 2 aromatic carbocycles. The van der Waals surface area contributed by atoms with Crippen LogP contribution >= 0.6 is 11.6 Å². The number of aliphatic hydroxyl groups is 1. The molecule has 0 aliphatic carbocycles. The predicted octanol–water partition coefficient (Wildman–Crippen LogP) is 1.52. The minimum Gasteiger partial charge on any atom is -0.395 e. The number of nitrogens with one attached hydrogen (secondary N) is 2. The normalized spacial score (nSPS) is 12.7. The summed E-state index contributed by atoms with van der Waals surface area (Å²) in [6.07, 6.45) is 0. The molecule has 0 bridgehead atoms. The lowest BCUT2D eigenvalue weighted by atomic mass is 10.2. The molecule has 8 heteroatoms. The zero-order valence-electron chi connectivity index (χ0n) is 16.2. The molecule has 0 aliphatic heterocycles. The quantitative estimate of drug-likeness (QED) is 0.429. The fourth-order valence-corrected chi connectivity index (χ4v) is 3.79. The van der Waals surface area contributed by atoms with Gasteiger partial charge in [0.1, 0.15) is 13.1 Å². The van der Waals surface area contributed by atoms with Crippen molar-refractivity contribution in [2.45, 2.75) is 26.6 Å². The minimum atomic E-state index is -0.122. The van der Waals surface area contributed by atoms with Crippen LogP contribution in [0.15, 0.2) is 47.3 Å². The number of hydrogen-bond donors (Lipinski definition) is 3. The fraction of sp³-hybridized carbons (Fsp3) is 0.286. The van der Waals surface area contributed by atoms with Crippen LogP contribution in [-0.2, 0) is 19.6 Å². The van der Waals surface area contributed by atoms with Crippen molar-refractivity contribution >= 4 is 33.5 Å². The van der Waals surface area contributed by atoms with E-state index in [2.05, 4.69) is 16.9 Å². The maximum Gasteiger partial charge on any atom is 0.258 e. The molecule has 0 saturated carbocycles. The number of fused-ring (bicyclic) bond motifs is 2. The third kappa shape index (κ3) is 4.03. The van der Waals surface area contributed by atoms with Gasteiger partial charge in [0, 0.05) is 11.6 Å². The molecule has 4 aromatic rings. The molecule has 0 saturated heterocycles. The van der Waals surface area contributed by atoms with Crippen LogP contribution in [0.5, 0.6) is 0 Å². The molecule has 3 N–H and O–H groups in total. The number of aromatic amines is 1. The second kappa shape index (κ2) is 8.32. The molecule has 0 amide bonds. The number of imidazole rings is 1. The molecular formula is C21H23ClN5O2+. The third-order valence-corrected chi connectivity index (χ3v) is 5.34. The topological polar surface area (TPSA) is 88.2 Å². The Morgan fingerprint density at radius 3 is 2.76 bits per heavy atom. The summed E-state index contributed by atoms with van der Waals surface area (Å²) in [7, 11) is 0. The molecule has 0 radical (unpaired) electrons. The van der Waals surface area contributed by atoms with Crippen LogP contribution in [0.2, 0.25) is 5.02 Å². The number of para-hydroxylation sites is 1. The van der Waals surface area contributed by atoms with Crippen LogP contribution in [-0.4, -0.2) is 37.8 Å². The standard InChI is InChI=1S/C21H22ClN5O2/c1-2-26(12-19-23-16-6-4-3-5-15(16)21(29)25-19)13-20-24-17-8-7-14(22)11-18(17)27(20)9-10-28/h3-8,11,28H,2,9-10,12-13H2,1H3,(H,23,25,29)/p+1. The highest BCUT2D eigenvalue weighted by atomic mass is 35.5. The number of quaternary nitrogens is 1. The Morgan fingerprint density at radius 1 is 1.14 bits per heavy atom. The highest BCUT2D eigenvalue weighted by Gasteiger charge is 2.18. The van der Waals surface area contributed by atoms with Gasteiger partial charge in [0.2, 0.25) is 0 Å². The highest BCUT2D eigenvalue weighted by Crippen LogP contribution is 2.20. The second-order valence-corrected chi connectivity index (χ2v) is 7.46. The molecule has 2 aromatic heterocycles. The lowest BCUT2D eigenvalue weighted by molar-refractivity contribution is -0.927. The molecule has 0 aliphatic rings. The number of H-pyrrole nitrogens is 1. The number of aromatic nitrogens is 4. The van der Waals surface area contributed by atoms with Crippen LogP contribution in [0.4, 0.5) is 0 Å². The highest BCUT2D eigenvalue weighted by molar-refractivity contribution is 6.31. The van der Waals surface area contributed by atoms with E-state index < -0.39 is 0 Å². The zero-order chi connectivity index (χ0) is 20.4. The molecular weight excluding hydrogens is 390 g/mol. The first-order valence-electron chi connectivity index (χ1n) is 9.66. The molecule has 150 valence electrons. The number of nitrogens with zero attached hydrogens (tertiary/aromatic N) is 3. The third-order valence-electron chi connectivity index (χ3n) is 5.10. The van der Waals surface area contributed by atoms with Gasteiger partial charge in [-0.15, -0.1) is 0 Å². The molecule has 1 unspecified atom stereocenters. The number of aliphatic hydroxyl groups excluding tert-OH is 1. The van der Waals surface area contributed by atoms with Crippen molar-refractivity contribution in [2.75, 3.05) is 13.2 Å². The van der Waals surface area contributed by atoms with Crippen molar-refractivity contribution in [2.24, 2.45) is 0 Å². The molecule has 0 spiro atoms. The largest absolute Gasteiger partial charge is 0.395 e. The monoisotopic (exact) mass is 412 g/mol. The number of benzene rings is 2. The van der Waals surface area contributed by atoms with Gasteiger partial charge in [-0.1, -0.05) is 23.7 Å². The minimum absolute atomic E-state index is 0.0198. The Bertz CT molecular complexity index is 1220. The fourth-order valence-electron chi connectivity index (χ4n) is 3.62. The van der Waals surface area contributed by atoms with Crippen molar-refractivity contribution in [3.8, 4) is 0 Å². The van der Waals surface area contributed by atoms with Crippen molar-refractivity contribution in [1.82, 2.24) is 19.5 Å². The summed E-state index contributed by atoms with van der Waals surface area (Å²) < 4.78 is 2.01. The maximum absolute atomic E-state index is 12.4. The van der Waals surface area contributed by atoms with Crippen LogP contribution in [0.1, 0.15) is 18.6 Å². The number of rotatable bonds is 7. The summed E-state index contributed by atoms with van der Waals surface area (Å²) in [6.45, 7) is 4.60. The van der Waals surface area contributed by atoms with Crippen LogP contribution < -0.4 is 10.5 Å². The summed E-state index contributed by atoms with van der Waals surface area (Å²) in [5.41, 5.74) is 2.34. The second-order valence-electron chi connectivity index (χ2n) is 7.02. The van der Waals surface area contributed by atoms with Gasteiger partial charge >= 0.3 is 0 Å². The lowest BCUT2D eigenvalue weighted by Gasteiger charge is -2.17. The van der Waals surface area contributed by atoms with E-state index in [-0.39, 0.29) is 12.2 Å². The summed E-state index contributed by atoms with van der Waals surface area (Å²) >= 11 is 6.15. The van der Waals surface area contributed by atoms with Gasteiger partial charge in [0.25, 0.3) is 5.56 Å². The lowest BCUT2D eigenvalue weighted by Crippen LogP contribution is -3.09. The summed E-state index contributed by atoms with van der Waals surface area (Å²) in [5.74, 6) is 1.52. The van der Waals surface area contributed by atoms with Gasteiger partial charge in [-0.3, -0.25) is 4.79 Å². The average Bonchev–Trinajstić information content (AvgIpc) is 3.04. The van der Waals surface area contributed by atoms with Crippen molar-refractivity contribution in [1.29, 1.82) is 0 Å². The van der Waals surface area contributed by atoms with Gasteiger partial charge in [0.15, 0.2) is 11.6 Å². The van der Waals surface area contributed by atoms with Crippen molar-refractivity contribution in [3.63, 3.8) is 0 Å². The molecule has 7 nitrogen and oxygen atoms in total.